The maximum Gasteiger partial charge on any atom is 0.242 e. The minimum absolute atomic E-state index is 0.155. The highest BCUT2D eigenvalue weighted by atomic mass is 19.1. The number of rotatable bonds is 5. The number of aromatic nitrogens is 1. The average Bonchev–Trinajstić information content (AvgIpc) is 2.62. The van der Waals surface area contributed by atoms with Gasteiger partial charge in [0, 0.05) is 19.3 Å². The Kier molecular flexibility index (Phi) is 5.73. The molecule has 1 aliphatic rings. The highest BCUT2D eigenvalue weighted by molar-refractivity contribution is 5.83. The fraction of sp³-hybridized carbons (Fsp3) is 0.368. The molecule has 0 spiro atoms. The summed E-state index contributed by atoms with van der Waals surface area (Å²) in [5, 5.41) is 2.95. The predicted octanol–water partition coefficient (Wildman–Crippen LogP) is 2.22. The molecular weight excluding hydrogens is 321 g/mol. The third-order valence-corrected chi connectivity index (χ3v) is 4.37. The van der Waals surface area contributed by atoms with E-state index in [0.29, 0.717) is 38.4 Å². The van der Waals surface area contributed by atoms with Crippen LogP contribution >= 0.6 is 0 Å². The van der Waals surface area contributed by atoms with Crippen LogP contribution in [0.1, 0.15) is 22.9 Å². The highest BCUT2D eigenvalue weighted by Crippen LogP contribution is 2.23. The summed E-state index contributed by atoms with van der Waals surface area (Å²) in [6.45, 7) is 4.72. The summed E-state index contributed by atoms with van der Waals surface area (Å²) in [4.78, 5) is 19.2. The molecule has 5 nitrogen and oxygen atoms in total. The first-order valence-corrected chi connectivity index (χ1v) is 8.40. The molecule has 0 bridgehead atoms. The lowest BCUT2D eigenvalue weighted by Crippen LogP contribution is -2.45. The maximum absolute atomic E-state index is 13.7. The fourth-order valence-corrected chi connectivity index (χ4v) is 3.01. The fourth-order valence-electron chi connectivity index (χ4n) is 3.01. The summed E-state index contributed by atoms with van der Waals surface area (Å²) < 4.78 is 19.1. The second-order valence-corrected chi connectivity index (χ2v) is 6.09. The van der Waals surface area contributed by atoms with Crippen LogP contribution in [0.2, 0.25) is 0 Å². The van der Waals surface area contributed by atoms with E-state index in [1.54, 1.807) is 18.3 Å². The van der Waals surface area contributed by atoms with E-state index >= 15 is 0 Å². The molecule has 0 saturated carbocycles. The highest BCUT2D eigenvalue weighted by Gasteiger charge is 2.29. The Balaban J connectivity index is 1.78. The van der Waals surface area contributed by atoms with Gasteiger partial charge in [0.2, 0.25) is 5.91 Å². The molecule has 1 amide bonds. The Morgan fingerprint density at radius 2 is 2.12 bits per heavy atom. The number of hydrogen-bond acceptors (Lipinski definition) is 4. The molecule has 1 atom stereocenters. The van der Waals surface area contributed by atoms with Gasteiger partial charge in [-0.3, -0.25) is 14.7 Å². The van der Waals surface area contributed by atoms with Gasteiger partial charge in [-0.1, -0.05) is 18.2 Å². The molecular formula is C19H22FN3O2. The van der Waals surface area contributed by atoms with Crippen molar-refractivity contribution in [2.75, 3.05) is 26.3 Å². The number of halogens is 1. The monoisotopic (exact) mass is 343 g/mol. The molecule has 0 unspecified atom stereocenters. The van der Waals surface area contributed by atoms with E-state index in [0.717, 1.165) is 11.3 Å². The van der Waals surface area contributed by atoms with E-state index in [2.05, 4.69) is 10.3 Å². The van der Waals surface area contributed by atoms with Gasteiger partial charge in [0.25, 0.3) is 0 Å². The van der Waals surface area contributed by atoms with Crippen molar-refractivity contribution in [1.82, 2.24) is 15.2 Å². The van der Waals surface area contributed by atoms with Gasteiger partial charge in [-0.2, -0.15) is 0 Å². The summed E-state index contributed by atoms with van der Waals surface area (Å²) in [6, 6.07) is 9.51. The summed E-state index contributed by atoms with van der Waals surface area (Å²) >= 11 is 0. The quantitative estimate of drug-likeness (QED) is 0.904. The van der Waals surface area contributed by atoms with Crippen LogP contribution in [0.5, 0.6) is 0 Å². The Bertz CT molecular complexity index is 732. The summed E-state index contributed by atoms with van der Waals surface area (Å²) in [5.41, 5.74) is 2.50. The number of morpholine rings is 1. The summed E-state index contributed by atoms with van der Waals surface area (Å²) in [5.74, 6) is -0.498. The van der Waals surface area contributed by atoms with Crippen molar-refractivity contribution in [3.05, 3.63) is 65.2 Å². The van der Waals surface area contributed by atoms with Gasteiger partial charge in [0.05, 0.1) is 25.5 Å². The van der Waals surface area contributed by atoms with Crippen molar-refractivity contribution >= 4 is 5.91 Å². The van der Waals surface area contributed by atoms with Crippen LogP contribution in [0.15, 0.2) is 42.6 Å². The van der Waals surface area contributed by atoms with Crippen molar-refractivity contribution in [2.45, 2.75) is 19.5 Å². The molecule has 0 aliphatic carbocycles. The van der Waals surface area contributed by atoms with E-state index < -0.39 is 6.04 Å². The maximum atomic E-state index is 13.7. The molecule has 2 aromatic rings. The molecule has 0 radical (unpaired) electrons. The van der Waals surface area contributed by atoms with Crippen LogP contribution in [0.25, 0.3) is 0 Å². The zero-order valence-corrected chi connectivity index (χ0v) is 14.2. The number of carbonyl (C=O) groups is 1. The van der Waals surface area contributed by atoms with E-state index in [1.807, 2.05) is 24.0 Å². The topological polar surface area (TPSA) is 54.5 Å². The van der Waals surface area contributed by atoms with Gasteiger partial charge in [-0.05, 0) is 36.2 Å². The molecule has 25 heavy (non-hydrogen) atoms. The predicted molar refractivity (Wildman–Crippen MR) is 92.4 cm³/mol. The molecule has 1 fully saturated rings. The number of amides is 1. The van der Waals surface area contributed by atoms with Crippen LogP contribution < -0.4 is 5.32 Å². The number of hydrogen-bond donors (Lipinski definition) is 1. The zero-order chi connectivity index (χ0) is 17.6. The number of nitrogens with zero attached hydrogens (tertiary/aromatic N) is 2. The number of benzene rings is 1. The SMILES string of the molecule is Cc1cccnc1CNC(=O)[C@H](c1cccc(F)c1)N1CCOCC1. The van der Waals surface area contributed by atoms with Gasteiger partial charge in [-0.25, -0.2) is 4.39 Å². The zero-order valence-electron chi connectivity index (χ0n) is 14.2. The third kappa shape index (κ3) is 4.41. The number of nitrogens with one attached hydrogen (secondary N) is 1. The molecule has 1 aromatic carbocycles. The van der Waals surface area contributed by atoms with Gasteiger partial charge in [-0.15, -0.1) is 0 Å². The molecule has 1 aliphatic heterocycles. The Morgan fingerprint density at radius 3 is 2.84 bits per heavy atom. The van der Waals surface area contributed by atoms with Crippen molar-refractivity contribution in [3.8, 4) is 0 Å². The molecule has 1 aromatic heterocycles. The number of carbonyl (C=O) groups excluding carboxylic acids is 1. The van der Waals surface area contributed by atoms with Gasteiger partial charge < -0.3 is 10.1 Å². The number of ether oxygens (including phenoxy) is 1. The largest absolute Gasteiger partial charge is 0.379 e. The lowest BCUT2D eigenvalue weighted by Gasteiger charge is -2.33. The second kappa shape index (κ2) is 8.18. The molecule has 132 valence electrons. The molecule has 6 heteroatoms. The van der Waals surface area contributed by atoms with Crippen LogP contribution in [0.4, 0.5) is 4.39 Å². The van der Waals surface area contributed by atoms with Crippen molar-refractivity contribution in [3.63, 3.8) is 0 Å². The van der Waals surface area contributed by atoms with Crippen LogP contribution in [0, 0.1) is 12.7 Å². The average molecular weight is 343 g/mol. The van der Waals surface area contributed by atoms with Gasteiger partial charge in [0.1, 0.15) is 11.9 Å². The summed E-state index contributed by atoms with van der Waals surface area (Å²) in [7, 11) is 0. The van der Waals surface area contributed by atoms with Crippen molar-refractivity contribution < 1.29 is 13.9 Å². The molecule has 1 saturated heterocycles. The molecule has 3 rings (SSSR count). The Hall–Kier alpha value is -2.31. The second-order valence-electron chi connectivity index (χ2n) is 6.09. The first kappa shape index (κ1) is 17.5. The Labute approximate surface area is 146 Å². The summed E-state index contributed by atoms with van der Waals surface area (Å²) in [6.07, 6.45) is 1.71. The van der Waals surface area contributed by atoms with E-state index in [9.17, 15) is 9.18 Å². The number of pyridine rings is 1. The number of aryl methyl sites for hydroxylation is 1. The van der Waals surface area contributed by atoms with Gasteiger partial charge in [0.15, 0.2) is 0 Å². The molecule has 1 N–H and O–H groups in total. The smallest absolute Gasteiger partial charge is 0.242 e. The van der Waals surface area contributed by atoms with Crippen molar-refractivity contribution in [2.24, 2.45) is 0 Å². The van der Waals surface area contributed by atoms with Gasteiger partial charge >= 0.3 is 0 Å². The van der Waals surface area contributed by atoms with Crippen LogP contribution in [-0.2, 0) is 16.1 Å². The first-order valence-electron chi connectivity index (χ1n) is 8.40. The first-order chi connectivity index (χ1) is 12.1. The van der Waals surface area contributed by atoms with Crippen molar-refractivity contribution in [1.29, 1.82) is 0 Å². The van der Waals surface area contributed by atoms with E-state index in [1.165, 1.54) is 12.1 Å². The minimum atomic E-state index is -0.538. The van der Waals surface area contributed by atoms with E-state index in [4.69, 9.17) is 4.74 Å². The standard InChI is InChI=1S/C19H22FN3O2/c1-14-4-3-7-21-17(14)13-22-19(24)18(23-8-10-25-11-9-23)15-5-2-6-16(20)12-15/h2-7,12,18H,8-11,13H2,1H3,(H,22,24)/t18-/m0/s1. The minimum Gasteiger partial charge on any atom is -0.379 e. The van der Waals surface area contributed by atoms with Crippen LogP contribution in [-0.4, -0.2) is 42.1 Å². The lowest BCUT2D eigenvalue weighted by molar-refractivity contribution is -0.128. The third-order valence-electron chi connectivity index (χ3n) is 4.37. The lowest BCUT2D eigenvalue weighted by atomic mass is 10.0. The Morgan fingerprint density at radius 1 is 1.32 bits per heavy atom. The van der Waals surface area contributed by atoms with E-state index in [-0.39, 0.29) is 11.7 Å². The molecule has 2 heterocycles. The van der Waals surface area contributed by atoms with Crippen LogP contribution in [0.3, 0.4) is 0 Å². The normalized spacial score (nSPS) is 16.4.